The normalized spacial score (nSPS) is 13.6. The van der Waals surface area contributed by atoms with E-state index >= 15 is 0 Å². The van der Waals surface area contributed by atoms with Crippen LogP contribution in [0.15, 0.2) is 35.4 Å². The predicted molar refractivity (Wildman–Crippen MR) is 112 cm³/mol. The van der Waals surface area contributed by atoms with Gasteiger partial charge in [-0.2, -0.15) is 26.3 Å². The molecule has 1 aliphatic rings. The van der Waals surface area contributed by atoms with Crippen molar-refractivity contribution < 1.29 is 50.7 Å². The number of carboxylic acid groups (broad SMARTS) is 2. The number of alkyl halides is 6. The third-order valence-corrected chi connectivity index (χ3v) is 5.53. The number of carbonyl (C=O) groups is 2. The molecule has 0 unspecified atom stereocenters. The number of aromatic nitrogens is 3. The van der Waals surface area contributed by atoms with E-state index < -0.39 is 24.3 Å². The lowest BCUT2D eigenvalue weighted by Gasteiger charge is -2.25. The lowest BCUT2D eigenvalue weighted by molar-refractivity contribution is -0.193. The first-order valence-corrected chi connectivity index (χ1v) is 10.8. The number of thiophene rings is 1. The minimum atomic E-state index is -5.08. The summed E-state index contributed by atoms with van der Waals surface area (Å²) in [7, 11) is 0. The van der Waals surface area contributed by atoms with Gasteiger partial charge in [-0.05, 0) is 19.1 Å². The molecule has 0 saturated heterocycles. The highest BCUT2D eigenvalue weighted by Crippen LogP contribution is 2.26. The van der Waals surface area contributed by atoms with Crippen LogP contribution in [0.3, 0.4) is 0 Å². The van der Waals surface area contributed by atoms with Crippen LogP contribution in [0.2, 0.25) is 0 Å². The Hall–Kier alpha value is -3.40. The van der Waals surface area contributed by atoms with Crippen LogP contribution in [0.25, 0.3) is 0 Å². The number of imidazole rings is 1. The molecule has 3 aromatic rings. The summed E-state index contributed by atoms with van der Waals surface area (Å²) in [6.07, 6.45) is -3.67. The van der Waals surface area contributed by atoms with Crippen molar-refractivity contribution in [3.63, 3.8) is 0 Å². The first kappa shape index (κ1) is 28.8. The van der Waals surface area contributed by atoms with Crippen molar-refractivity contribution >= 4 is 23.3 Å². The summed E-state index contributed by atoms with van der Waals surface area (Å²) in [5, 5.41) is 18.5. The summed E-state index contributed by atoms with van der Waals surface area (Å²) in [6, 6.07) is 4.43. The van der Waals surface area contributed by atoms with Crippen molar-refractivity contribution in [3.8, 4) is 0 Å². The summed E-state index contributed by atoms with van der Waals surface area (Å²) in [6.45, 7) is 5.84. The molecule has 0 bridgehead atoms. The summed E-state index contributed by atoms with van der Waals surface area (Å²) in [5.41, 5.74) is 2.29. The van der Waals surface area contributed by atoms with Crippen LogP contribution in [0.4, 0.5) is 26.3 Å². The molecule has 198 valence electrons. The summed E-state index contributed by atoms with van der Waals surface area (Å²) < 4.78 is 71.0. The zero-order valence-electron chi connectivity index (χ0n) is 18.5. The van der Waals surface area contributed by atoms with Crippen LogP contribution in [0.1, 0.15) is 26.8 Å². The first-order valence-electron chi connectivity index (χ1n) is 9.96. The Kier molecular flexibility index (Phi) is 9.63. The molecule has 9 nitrogen and oxygen atoms in total. The second-order valence-corrected chi connectivity index (χ2v) is 8.72. The highest BCUT2D eigenvalue weighted by Gasteiger charge is 2.38. The molecule has 0 aliphatic carbocycles. The Labute approximate surface area is 203 Å². The zero-order valence-corrected chi connectivity index (χ0v) is 19.3. The molecule has 2 N–H and O–H groups in total. The van der Waals surface area contributed by atoms with Gasteiger partial charge in [0.05, 0.1) is 12.9 Å². The van der Waals surface area contributed by atoms with Crippen molar-refractivity contribution in [3.05, 3.63) is 57.6 Å². The molecular weight excluding hydrogens is 522 g/mol. The van der Waals surface area contributed by atoms with Gasteiger partial charge in [0.2, 0.25) is 0 Å². The van der Waals surface area contributed by atoms with Gasteiger partial charge in [-0.1, -0.05) is 5.16 Å². The second-order valence-electron chi connectivity index (χ2n) is 7.34. The lowest BCUT2D eigenvalue weighted by Crippen LogP contribution is -2.29. The molecule has 16 heteroatoms. The summed E-state index contributed by atoms with van der Waals surface area (Å²) in [4.78, 5) is 27.1. The van der Waals surface area contributed by atoms with Crippen molar-refractivity contribution in [1.29, 1.82) is 0 Å². The quantitative estimate of drug-likeness (QED) is 0.473. The summed E-state index contributed by atoms with van der Waals surface area (Å²) >= 11 is 1.88. The summed E-state index contributed by atoms with van der Waals surface area (Å²) in [5.74, 6) is -4.46. The van der Waals surface area contributed by atoms with Gasteiger partial charge in [0.1, 0.15) is 11.5 Å². The Balaban J connectivity index is 0.000000271. The SMILES string of the molecule is Cc1ccc(CN2CCc3onc(Cn4ccnc4)c3C2)s1.O=C(O)C(F)(F)F.O=C(O)C(F)(F)F. The van der Waals surface area contributed by atoms with E-state index in [9.17, 15) is 26.3 Å². The van der Waals surface area contributed by atoms with E-state index in [-0.39, 0.29) is 0 Å². The van der Waals surface area contributed by atoms with Crippen LogP contribution in [-0.2, 0) is 35.6 Å². The van der Waals surface area contributed by atoms with Crippen molar-refractivity contribution in [2.24, 2.45) is 0 Å². The average molecular weight is 542 g/mol. The highest BCUT2D eigenvalue weighted by atomic mass is 32.1. The number of hydrogen-bond donors (Lipinski definition) is 2. The third-order valence-electron chi connectivity index (χ3n) is 4.54. The molecule has 0 spiro atoms. The highest BCUT2D eigenvalue weighted by molar-refractivity contribution is 7.11. The van der Waals surface area contributed by atoms with Crippen LogP contribution in [0, 0.1) is 6.92 Å². The molecule has 0 radical (unpaired) electrons. The number of nitrogens with zero attached hydrogens (tertiary/aromatic N) is 4. The molecule has 3 aromatic heterocycles. The van der Waals surface area contributed by atoms with Crippen LogP contribution in [0.5, 0.6) is 0 Å². The largest absolute Gasteiger partial charge is 0.490 e. The Morgan fingerprint density at radius 3 is 2.17 bits per heavy atom. The Morgan fingerprint density at radius 1 is 1.08 bits per heavy atom. The van der Waals surface area contributed by atoms with E-state index in [1.807, 2.05) is 28.4 Å². The zero-order chi connectivity index (χ0) is 27.1. The first-order chi connectivity index (χ1) is 16.7. The number of fused-ring (bicyclic) bond motifs is 1. The fourth-order valence-corrected chi connectivity index (χ4v) is 3.86. The van der Waals surface area contributed by atoms with E-state index in [2.05, 4.69) is 34.1 Å². The number of rotatable bonds is 4. The molecule has 4 rings (SSSR count). The fourth-order valence-electron chi connectivity index (χ4n) is 2.92. The lowest BCUT2D eigenvalue weighted by atomic mass is 10.1. The number of hydrogen-bond acceptors (Lipinski definition) is 7. The number of aryl methyl sites for hydroxylation is 1. The molecular formula is C20H20F6N4O5S. The van der Waals surface area contributed by atoms with Crippen LogP contribution >= 0.6 is 11.3 Å². The third kappa shape index (κ3) is 8.99. The van der Waals surface area contributed by atoms with Gasteiger partial charge in [-0.3, -0.25) is 4.90 Å². The molecule has 1 aliphatic heterocycles. The van der Waals surface area contributed by atoms with Gasteiger partial charge < -0.3 is 19.3 Å². The van der Waals surface area contributed by atoms with Gasteiger partial charge in [0.15, 0.2) is 0 Å². The molecule has 4 heterocycles. The predicted octanol–water partition coefficient (Wildman–Crippen LogP) is 4.11. The van der Waals surface area contributed by atoms with Crippen molar-refractivity contribution in [2.45, 2.75) is 45.3 Å². The maximum atomic E-state index is 10.6. The monoisotopic (exact) mass is 542 g/mol. The topological polar surface area (TPSA) is 122 Å². The maximum Gasteiger partial charge on any atom is 0.490 e. The van der Waals surface area contributed by atoms with E-state index in [1.165, 1.54) is 15.3 Å². The number of aliphatic carboxylic acids is 2. The molecule has 0 amide bonds. The molecule has 0 saturated carbocycles. The van der Waals surface area contributed by atoms with Gasteiger partial charge >= 0.3 is 24.3 Å². The molecule has 0 atom stereocenters. The van der Waals surface area contributed by atoms with E-state index in [1.54, 1.807) is 6.20 Å². The van der Waals surface area contributed by atoms with E-state index in [0.717, 1.165) is 44.1 Å². The number of halogens is 6. The fraction of sp³-hybridized carbons (Fsp3) is 0.400. The van der Waals surface area contributed by atoms with Crippen LogP contribution in [-0.4, -0.2) is 60.7 Å². The van der Waals surface area contributed by atoms with Crippen LogP contribution < -0.4 is 0 Å². The van der Waals surface area contributed by atoms with Gasteiger partial charge in [0.25, 0.3) is 0 Å². The van der Waals surface area contributed by atoms with E-state index in [0.29, 0.717) is 0 Å². The van der Waals surface area contributed by atoms with Crippen molar-refractivity contribution in [2.75, 3.05) is 6.54 Å². The minimum Gasteiger partial charge on any atom is -0.475 e. The van der Waals surface area contributed by atoms with Gasteiger partial charge in [-0.25, -0.2) is 14.6 Å². The number of carboxylic acids is 2. The van der Waals surface area contributed by atoms with Gasteiger partial charge in [-0.15, -0.1) is 11.3 Å². The maximum absolute atomic E-state index is 10.6. The van der Waals surface area contributed by atoms with Crippen molar-refractivity contribution in [1.82, 2.24) is 19.6 Å². The molecule has 0 fully saturated rings. The molecule has 36 heavy (non-hydrogen) atoms. The Morgan fingerprint density at radius 2 is 1.69 bits per heavy atom. The smallest absolute Gasteiger partial charge is 0.475 e. The standard InChI is InChI=1S/C16H18N4OS.2C2HF3O2/c1-12-2-3-13(22-12)8-19-6-4-16-14(9-19)15(18-21-16)10-20-7-5-17-11-20;2*3-2(4,5)1(6)7/h2-3,5,7,11H,4,6,8-10H2,1H3;2*(H,6,7). The second kappa shape index (κ2) is 12.0. The minimum absolute atomic E-state index is 0.727. The van der Waals surface area contributed by atoms with E-state index in [4.69, 9.17) is 24.3 Å². The average Bonchev–Trinajstić information content (AvgIpc) is 3.51. The van der Waals surface area contributed by atoms with Gasteiger partial charge in [0, 0.05) is 53.8 Å². The Bertz CT molecular complexity index is 1120. The molecule has 0 aromatic carbocycles.